The Morgan fingerprint density at radius 3 is 3.05 bits per heavy atom. The second-order valence-corrected chi connectivity index (χ2v) is 4.30. The molecule has 0 saturated heterocycles. The third-order valence-corrected chi connectivity index (χ3v) is 2.95. The highest BCUT2D eigenvalue weighted by Gasteiger charge is 2.09. The predicted octanol–water partition coefficient (Wildman–Crippen LogP) is 2.52. The number of carbonyl (C=O) groups excluding carboxylic acids is 1. The minimum Gasteiger partial charge on any atom is -0.306 e. The van der Waals surface area contributed by atoms with E-state index in [0.29, 0.717) is 11.4 Å². The number of rotatable bonds is 2. The summed E-state index contributed by atoms with van der Waals surface area (Å²) in [5.74, 6) is 0.399. The first-order chi connectivity index (χ1) is 9.24. The van der Waals surface area contributed by atoms with Gasteiger partial charge in [-0.1, -0.05) is 12.1 Å². The Bertz CT molecular complexity index is 748. The molecule has 0 bridgehead atoms. The van der Waals surface area contributed by atoms with E-state index in [2.05, 4.69) is 20.5 Å². The van der Waals surface area contributed by atoms with Gasteiger partial charge in [-0.25, -0.2) is 4.98 Å². The summed E-state index contributed by atoms with van der Waals surface area (Å²) in [7, 11) is 0. The van der Waals surface area contributed by atoms with Gasteiger partial charge in [0.2, 0.25) is 0 Å². The molecule has 0 aliphatic heterocycles. The van der Waals surface area contributed by atoms with Gasteiger partial charge < -0.3 is 5.32 Å². The molecule has 0 aliphatic carbocycles. The minimum absolute atomic E-state index is 0.182. The first-order valence-corrected chi connectivity index (χ1v) is 5.90. The molecule has 0 unspecified atom stereocenters. The number of aromatic nitrogens is 3. The van der Waals surface area contributed by atoms with Crippen molar-refractivity contribution in [1.82, 2.24) is 15.2 Å². The molecule has 0 spiro atoms. The fraction of sp³-hybridized carbons (Fsp3) is 0.0714. The smallest absolute Gasteiger partial charge is 0.256 e. The predicted molar refractivity (Wildman–Crippen MR) is 73.0 cm³/mol. The van der Waals surface area contributed by atoms with E-state index in [1.807, 2.05) is 25.1 Å². The lowest BCUT2D eigenvalue weighted by molar-refractivity contribution is 0.102. The molecule has 5 heteroatoms. The van der Waals surface area contributed by atoms with E-state index in [-0.39, 0.29) is 5.91 Å². The molecule has 0 aliphatic rings. The second-order valence-electron chi connectivity index (χ2n) is 4.30. The number of nitrogens with one attached hydrogen (secondary N) is 2. The molecular weight excluding hydrogens is 240 g/mol. The minimum atomic E-state index is -0.182. The molecule has 2 heterocycles. The number of pyridine rings is 1. The fourth-order valence-corrected chi connectivity index (χ4v) is 1.87. The molecule has 3 rings (SSSR count). The van der Waals surface area contributed by atoms with Gasteiger partial charge in [-0.2, -0.15) is 5.10 Å². The molecule has 94 valence electrons. The Hall–Kier alpha value is -2.69. The van der Waals surface area contributed by atoms with Crippen LogP contribution >= 0.6 is 0 Å². The van der Waals surface area contributed by atoms with Crippen LogP contribution in [0.4, 0.5) is 5.82 Å². The van der Waals surface area contributed by atoms with Crippen molar-refractivity contribution in [3.8, 4) is 0 Å². The number of benzene rings is 1. The van der Waals surface area contributed by atoms with E-state index in [1.54, 1.807) is 24.5 Å². The summed E-state index contributed by atoms with van der Waals surface area (Å²) >= 11 is 0. The number of carbonyl (C=O) groups is 1. The van der Waals surface area contributed by atoms with E-state index in [1.165, 1.54) is 0 Å². The summed E-state index contributed by atoms with van der Waals surface area (Å²) in [6, 6.07) is 9.14. The van der Waals surface area contributed by atoms with Gasteiger partial charge in [0, 0.05) is 17.1 Å². The van der Waals surface area contributed by atoms with Crippen molar-refractivity contribution in [3.63, 3.8) is 0 Å². The fourth-order valence-electron chi connectivity index (χ4n) is 1.87. The van der Waals surface area contributed by atoms with Crippen molar-refractivity contribution in [2.24, 2.45) is 0 Å². The van der Waals surface area contributed by atoms with Crippen molar-refractivity contribution >= 4 is 22.6 Å². The molecule has 5 nitrogen and oxygen atoms in total. The largest absolute Gasteiger partial charge is 0.306 e. The molecule has 1 amide bonds. The number of amides is 1. The van der Waals surface area contributed by atoms with Gasteiger partial charge in [0.1, 0.15) is 5.82 Å². The molecule has 0 atom stereocenters. The third kappa shape index (κ3) is 2.18. The van der Waals surface area contributed by atoms with E-state index in [9.17, 15) is 4.79 Å². The first kappa shape index (κ1) is 11.4. The van der Waals surface area contributed by atoms with Gasteiger partial charge in [-0.05, 0) is 30.7 Å². The molecule has 3 aromatic rings. The molecule has 2 N–H and O–H groups in total. The van der Waals surface area contributed by atoms with Crippen LogP contribution in [0.15, 0.2) is 42.7 Å². The highest BCUT2D eigenvalue weighted by molar-refractivity contribution is 6.05. The topological polar surface area (TPSA) is 70.7 Å². The molecule has 19 heavy (non-hydrogen) atoms. The third-order valence-electron chi connectivity index (χ3n) is 2.95. The first-order valence-electron chi connectivity index (χ1n) is 5.90. The Morgan fingerprint density at radius 2 is 2.21 bits per heavy atom. The van der Waals surface area contributed by atoms with Crippen molar-refractivity contribution in [2.45, 2.75) is 6.92 Å². The van der Waals surface area contributed by atoms with Crippen LogP contribution in [0.3, 0.4) is 0 Å². The van der Waals surface area contributed by atoms with Crippen LogP contribution in [-0.2, 0) is 0 Å². The van der Waals surface area contributed by atoms with Crippen LogP contribution in [0.25, 0.3) is 10.9 Å². The SMILES string of the molecule is Cc1cccnc1NC(=O)c1ccc2cn[nH]c2c1. The van der Waals surface area contributed by atoms with E-state index in [4.69, 9.17) is 0 Å². The molecule has 0 radical (unpaired) electrons. The molecule has 0 fully saturated rings. The summed E-state index contributed by atoms with van der Waals surface area (Å²) in [5, 5.41) is 10.6. The summed E-state index contributed by atoms with van der Waals surface area (Å²) in [4.78, 5) is 16.3. The Labute approximate surface area is 109 Å². The van der Waals surface area contributed by atoms with E-state index < -0.39 is 0 Å². The number of nitrogens with zero attached hydrogens (tertiary/aromatic N) is 2. The van der Waals surface area contributed by atoms with Crippen molar-refractivity contribution in [2.75, 3.05) is 5.32 Å². The van der Waals surface area contributed by atoms with Crippen LogP contribution in [0.1, 0.15) is 15.9 Å². The van der Waals surface area contributed by atoms with Gasteiger partial charge in [-0.3, -0.25) is 9.89 Å². The van der Waals surface area contributed by atoms with Crippen LogP contribution in [0.5, 0.6) is 0 Å². The summed E-state index contributed by atoms with van der Waals surface area (Å²) in [5.41, 5.74) is 2.34. The average molecular weight is 252 g/mol. The molecule has 2 aromatic heterocycles. The van der Waals surface area contributed by atoms with Crippen LogP contribution in [0, 0.1) is 6.92 Å². The highest BCUT2D eigenvalue weighted by atomic mass is 16.1. The van der Waals surface area contributed by atoms with Crippen molar-refractivity contribution in [1.29, 1.82) is 0 Å². The number of hydrogen-bond donors (Lipinski definition) is 2. The van der Waals surface area contributed by atoms with E-state index in [0.717, 1.165) is 16.5 Å². The summed E-state index contributed by atoms with van der Waals surface area (Å²) < 4.78 is 0. The lowest BCUT2D eigenvalue weighted by Crippen LogP contribution is -2.13. The van der Waals surface area contributed by atoms with Gasteiger partial charge in [0.15, 0.2) is 0 Å². The van der Waals surface area contributed by atoms with Gasteiger partial charge in [0.05, 0.1) is 11.7 Å². The number of aryl methyl sites for hydroxylation is 1. The molecular formula is C14H12N4O. The summed E-state index contributed by atoms with van der Waals surface area (Å²) in [6.07, 6.45) is 3.38. The zero-order chi connectivity index (χ0) is 13.2. The Balaban J connectivity index is 1.89. The number of anilines is 1. The van der Waals surface area contributed by atoms with Gasteiger partial charge in [0.25, 0.3) is 5.91 Å². The molecule has 0 saturated carbocycles. The van der Waals surface area contributed by atoms with Crippen LogP contribution in [0.2, 0.25) is 0 Å². The summed E-state index contributed by atoms with van der Waals surface area (Å²) in [6.45, 7) is 1.90. The Kier molecular flexibility index (Phi) is 2.72. The number of H-pyrrole nitrogens is 1. The van der Waals surface area contributed by atoms with Crippen LogP contribution in [-0.4, -0.2) is 21.1 Å². The maximum Gasteiger partial charge on any atom is 0.256 e. The lowest BCUT2D eigenvalue weighted by Gasteiger charge is -2.06. The second kappa shape index (κ2) is 4.53. The zero-order valence-corrected chi connectivity index (χ0v) is 10.3. The maximum atomic E-state index is 12.1. The van der Waals surface area contributed by atoms with Crippen LogP contribution < -0.4 is 5.32 Å². The normalized spacial score (nSPS) is 10.6. The van der Waals surface area contributed by atoms with E-state index >= 15 is 0 Å². The van der Waals surface area contributed by atoms with Crippen molar-refractivity contribution < 1.29 is 4.79 Å². The number of fused-ring (bicyclic) bond motifs is 1. The highest BCUT2D eigenvalue weighted by Crippen LogP contribution is 2.15. The monoisotopic (exact) mass is 252 g/mol. The lowest BCUT2D eigenvalue weighted by atomic mass is 10.1. The van der Waals surface area contributed by atoms with Gasteiger partial charge in [-0.15, -0.1) is 0 Å². The van der Waals surface area contributed by atoms with Gasteiger partial charge >= 0.3 is 0 Å². The average Bonchev–Trinajstić information content (AvgIpc) is 2.88. The zero-order valence-electron chi connectivity index (χ0n) is 10.3. The Morgan fingerprint density at radius 1 is 1.32 bits per heavy atom. The quantitative estimate of drug-likeness (QED) is 0.736. The standard InChI is InChI=1S/C14H12N4O/c1-9-3-2-6-15-13(9)17-14(19)10-4-5-11-8-16-18-12(11)7-10/h2-8H,1H3,(H,16,18)(H,15,17,19). The maximum absolute atomic E-state index is 12.1. The number of aromatic amines is 1. The van der Waals surface area contributed by atoms with Crippen molar-refractivity contribution in [3.05, 3.63) is 53.9 Å². The molecule has 1 aromatic carbocycles. The number of hydrogen-bond acceptors (Lipinski definition) is 3.